The van der Waals surface area contributed by atoms with Crippen molar-refractivity contribution in [3.63, 3.8) is 0 Å². The smallest absolute Gasteiger partial charge is 0.129 e. The van der Waals surface area contributed by atoms with Crippen LogP contribution < -0.4 is 0 Å². The van der Waals surface area contributed by atoms with Crippen molar-refractivity contribution < 1.29 is 0 Å². The predicted octanol–water partition coefficient (Wildman–Crippen LogP) is 5.56. The maximum absolute atomic E-state index is 6.06. The van der Waals surface area contributed by atoms with Crippen LogP contribution in [0.2, 0.25) is 9.49 Å². The van der Waals surface area contributed by atoms with E-state index in [-0.39, 0.29) is 6.04 Å². The maximum atomic E-state index is 6.06. The monoisotopic (exact) mass is 337 g/mol. The lowest BCUT2D eigenvalue weighted by Gasteiger charge is -2.03. The average molecular weight is 338 g/mol. The summed E-state index contributed by atoms with van der Waals surface area (Å²) in [5, 5.41) is 5.18. The number of pyridine rings is 1. The first-order valence-electron chi connectivity index (χ1n) is 6.51. The lowest BCUT2D eigenvalue weighted by molar-refractivity contribution is 0.534. The van der Waals surface area contributed by atoms with Gasteiger partial charge in [0.25, 0.3) is 0 Å². The molecule has 0 saturated heterocycles. The fourth-order valence-electron chi connectivity index (χ4n) is 2.06. The number of halogens is 2. The van der Waals surface area contributed by atoms with Gasteiger partial charge in [-0.25, -0.2) is 4.98 Å². The summed E-state index contributed by atoms with van der Waals surface area (Å²) in [4.78, 5) is 5.08. The summed E-state index contributed by atoms with van der Waals surface area (Å²) < 4.78 is 2.70. The van der Waals surface area contributed by atoms with E-state index in [2.05, 4.69) is 18.8 Å². The highest BCUT2D eigenvalue weighted by molar-refractivity contribution is 7.19. The van der Waals surface area contributed by atoms with E-state index in [1.807, 2.05) is 35.1 Å². The van der Waals surface area contributed by atoms with E-state index < -0.39 is 0 Å². The van der Waals surface area contributed by atoms with E-state index in [9.17, 15) is 0 Å². The zero-order valence-corrected chi connectivity index (χ0v) is 13.9. The normalized spacial score (nSPS) is 11.3. The second-order valence-electron chi connectivity index (χ2n) is 4.94. The molecule has 0 aliphatic carbocycles. The summed E-state index contributed by atoms with van der Waals surface area (Å²) in [5.41, 5.74) is 2.95. The predicted molar refractivity (Wildman–Crippen MR) is 89.2 cm³/mol. The summed E-state index contributed by atoms with van der Waals surface area (Å²) >= 11 is 13.6. The number of hydrogen-bond donors (Lipinski definition) is 0. The quantitative estimate of drug-likeness (QED) is 0.585. The first kappa shape index (κ1) is 14.6. The molecule has 0 N–H and O–H groups in total. The molecule has 3 rings (SSSR count). The van der Waals surface area contributed by atoms with E-state index in [0.29, 0.717) is 5.15 Å². The molecule has 6 heteroatoms. The van der Waals surface area contributed by atoms with Crippen LogP contribution in [-0.4, -0.2) is 14.8 Å². The van der Waals surface area contributed by atoms with Crippen molar-refractivity contribution in [2.24, 2.45) is 0 Å². The van der Waals surface area contributed by atoms with Crippen LogP contribution in [0.1, 0.15) is 19.9 Å². The van der Waals surface area contributed by atoms with Crippen molar-refractivity contribution in [1.29, 1.82) is 0 Å². The summed E-state index contributed by atoms with van der Waals surface area (Å²) in [7, 11) is 0. The van der Waals surface area contributed by atoms with Crippen LogP contribution in [0.5, 0.6) is 0 Å². The number of hydrogen-bond acceptors (Lipinski definition) is 3. The second kappa shape index (κ2) is 5.79. The fraction of sp³-hybridized carbons (Fsp3) is 0.200. The Kier molecular flexibility index (Phi) is 4.02. The number of thiophene rings is 1. The third kappa shape index (κ3) is 2.98. The summed E-state index contributed by atoms with van der Waals surface area (Å²) in [5.74, 6) is 0. The highest BCUT2D eigenvalue weighted by Crippen LogP contribution is 2.37. The lowest BCUT2D eigenvalue weighted by Crippen LogP contribution is -2.00. The molecule has 0 saturated carbocycles. The Morgan fingerprint density at radius 2 is 2.00 bits per heavy atom. The van der Waals surface area contributed by atoms with Gasteiger partial charge in [0.05, 0.1) is 9.21 Å². The van der Waals surface area contributed by atoms with Gasteiger partial charge < -0.3 is 0 Å². The Bertz CT molecular complexity index is 777. The van der Waals surface area contributed by atoms with Crippen LogP contribution in [0, 0.1) is 0 Å². The number of aromatic nitrogens is 3. The zero-order chi connectivity index (χ0) is 15.0. The Morgan fingerprint density at radius 3 is 2.62 bits per heavy atom. The minimum Gasteiger partial charge on any atom is -0.269 e. The molecule has 108 valence electrons. The van der Waals surface area contributed by atoms with Crippen LogP contribution in [0.4, 0.5) is 0 Å². The fourth-order valence-corrected chi connectivity index (χ4v) is 3.28. The van der Waals surface area contributed by atoms with Gasteiger partial charge in [-0.05, 0) is 43.7 Å². The first-order valence-corrected chi connectivity index (χ1v) is 8.08. The lowest BCUT2D eigenvalue weighted by atomic mass is 10.1. The molecule has 3 heterocycles. The summed E-state index contributed by atoms with van der Waals surface area (Å²) in [6.07, 6.45) is 3.74. The molecular weight excluding hydrogens is 325 g/mol. The molecule has 0 amide bonds. The van der Waals surface area contributed by atoms with Crippen molar-refractivity contribution in [1.82, 2.24) is 14.8 Å². The highest BCUT2D eigenvalue weighted by Gasteiger charge is 2.16. The van der Waals surface area contributed by atoms with Gasteiger partial charge in [0.15, 0.2) is 0 Å². The highest BCUT2D eigenvalue weighted by atomic mass is 35.5. The molecule has 0 bridgehead atoms. The van der Waals surface area contributed by atoms with Crippen molar-refractivity contribution in [2.75, 3.05) is 0 Å². The summed E-state index contributed by atoms with van der Waals surface area (Å²) in [6.45, 7) is 4.20. The SMILES string of the molecule is CC(C)n1cc(-c2ccnc(Cl)c2)c(-c2ccc(Cl)s2)n1. The molecule has 3 aromatic rings. The Labute approximate surface area is 137 Å². The molecule has 0 fully saturated rings. The molecule has 0 aliphatic rings. The molecule has 3 aromatic heterocycles. The largest absolute Gasteiger partial charge is 0.269 e. The van der Waals surface area contributed by atoms with Gasteiger partial charge in [0.1, 0.15) is 10.8 Å². The van der Waals surface area contributed by atoms with Crippen LogP contribution in [0.15, 0.2) is 36.7 Å². The molecule has 0 radical (unpaired) electrons. The topological polar surface area (TPSA) is 30.7 Å². The minimum absolute atomic E-state index is 0.283. The average Bonchev–Trinajstić information content (AvgIpc) is 3.04. The molecule has 21 heavy (non-hydrogen) atoms. The van der Waals surface area contributed by atoms with Crippen molar-refractivity contribution in [2.45, 2.75) is 19.9 Å². The van der Waals surface area contributed by atoms with Crippen molar-refractivity contribution in [3.05, 3.63) is 46.1 Å². The summed E-state index contributed by atoms with van der Waals surface area (Å²) in [6, 6.07) is 7.95. The van der Waals surface area contributed by atoms with Gasteiger partial charge in [-0.15, -0.1) is 11.3 Å². The zero-order valence-electron chi connectivity index (χ0n) is 11.5. The van der Waals surface area contributed by atoms with Crippen LogP contribution in [-0.2, 0) is 0 Å². The van der Waals surface area contributed by atoms with Gasteiger partial charge in [-0.1, -0.05) is 23.2 Å². The van der Waals surface area contributed by atoms with Gasteiger partial charge in [0, 0.05) is 24.0 Å². The Balaban J connectivity index is 2.18. The van der Waals surface area contributed by atoms with Gasteiger partial charge in [-0.2, -0.15) is 5.10 Å². The van der Waals surface area contributed by atoms with E-state index in [1.165, 1.54) is 11.3 Å². The van der Waals surface area contributed by atoms with Gasteiger partial charge in [0.2, 0.25) is 0 Å². The molecule has 0 spiro atoms. The second-order valence-corrected chi connectivity index (χ2v) is 7.04. The third-order valence-electron chi connectivity index (χ3n) is 3.11. The van der Waals surface area contributed by atoms with Crippen LogP contribution in [0.3, 0.4) is 0 Å². The molecule has 0 unspecified atom stereocenters. The van der Waals surface area contributed by atoms with Crippen molar-refractivity contribution >= 4 is 34.5 Å². The third-order valence-corrected chi connectivity index (χ3v) is 4.55. The maximum Gasteiger partial charge on any atom is 0.129 e. The number of nitrogens with zero attached hydrogens (tertiary/aromatic N) is 3. The van der Waals surface area contributed by atoms with E-state index in [1.54, 1.807) is 6.20 Å². The van der Waals surface area contributed by atoms with E-state index >= 15 is 0 Å². The molecule has 0 aliphatic heterocycles. The molecule has 3 nitrogen and oxygen atoms in total. The molecule has 0 atom stereocenters. The number of rotatable bonds is 3. The standard InChI is InChI=1S/C15H13Cl2N3S/c1-9(2)20-8-11(10-5-6-18-13(16)7-10)15(19-20)12-3-4-14(17)21-12/h3-9H,1-2H3. The van der Waals surface area contributed by atoms with Crippen molar-refractivity contribution in [3.8, 4) is 21.7 Å². The van der Waals surface area contributed by atoms with Crippen LogP contribution >= 0.6 is 34.5 Å². The molecule has 0 aromatic carbocycles. The molecular formula is C15H13Cl2N3S. The first-order chi connectivity index (χ1) is 10.0. The van der Waals surface area contributed by atoms with E-state index in [0.717, 1.165) is 26.0 Å². The van der Waals surface area contributed by atoms with Crippen LogP contribution in [0.25, 0.3) is 21.7 Å². The van der Waals surface area contributed by atoms with E-state index in [4.69, 9.17) is 28.3 Å². The minimum atomic E-state index is 0.283. The Morgan fingerprint density at radius 1 is 1.19 bits per heavy atom. The van der Waals surface area contributed by atoms with Gasteiger partial charge >= 0.3 is 0 Å². The Hall–Kier alpha value is -1.36. The van der Waals surface area contributed by atoms with Gasteiger partial charge in [-0.3, -0.25) is 4.68 Å².